The van der Waals surface area contributed by atoms with E-state index in [4.69, 9.17) is 10.5 Å². The number of esters is 1. The van der Waals surface area contributed by atoms with Crippen LogP contribution in [-0.4, -0.2) is 57.4 Å². The maximum Gasteiger partial charge on any atom is 0.312 e. The monoisotopic (exact) mass is 587 g/mol. The van der Waals surface area contributed by atoms with Gasteiger partial charge in [-0.1, -0.05) is 24.3 Å². The van der Waals surface area contributed by atoms with E-state index in [1.807, 2.05) is 0 Å². The molecule has 0 spiro atoms. The van der Waals surface area contributed by atoms with Gasteiger partial charge in [0, 0.05) is 31.3 Å². The van der Waals surface area contributed by atoms with Gasteiger partial charge in [-0.25, -0.2) is 26.3 Å². The van der Waals surface area contributed by atoms with E-state index >= 15 is 0 Å². The zero-order valence-electron chi connectivity index (χ0n) is 21.3. The number of nitrogens with two attached hydrogens (primary N) is 1. The Kier molecular flexibility index (Phi) is 10.2. The van der Waals surface area contributed by atoms with Gasteiger partial charge in [0.1, 0.15) is 5.60 Å². The molecule has 15 nitrogen and oxygen atoms in total. The van der Waals surface area contributed by atoms with Gasteiger partial charge < -0.3 is 10.5 Å². The molecule has 0 aromatic heterocycles. The molecule has 2 atom stereocenters. The second kappa shape index (κ2) is 12.6. The van der Waals surface area contributed by atoms with Crippen molar-refractivity contribution in [1.82, 2.24) is 9.44 Å². The molecule has 0 amide bonds. The average Bonchev–Trinajstić information content (AvgIpc) is 2.82. The van der Waals surface area contributed by atoms with Crippen LogP contribution in [0.3, 0.4) is 0 Å². The second-order valence-electron chi connectivity index (χ2n) is 9.29. The molecular weight excluding hydrogens is 558 g/mol. The zero-order chi connectivity index (χ0) is 29.6. The lowest BCUT2D eigenvalue weighted by Gasteiger charge is -2.27. The molecule has 0 aliphatic rings. The summed E-state index contributed by atoms with van der Waals surface area (Å²) in [5.74, 6) is -2.21. The van der Waals surface area contributed by atoms with Crippen molar-refractivity contribution in [3.05, 3.63) is 68.8 Å². The van der Waals surface area contributed by atoms with Crippen LogP contribution in [0.2, 0.25) is 0 Å². The first-order valence-corrected chi connectivity index (χ1v) is 14.4. The predicted octanol–water partition coefficient (Wildman–Crippen LogP) is 1.44. The van der Waals surface area contributed by atoms with Crippen LogP contribution in [0.5, 0.6) is 0 Å². The van der Waals surface area contributed by atoms with Gasteiger partial charge in [0.05, 0.1) is 15.8 Å². The summed E-state index contributed by atoms with van der Waals surface area (Å²) in [6.07, 6.45) is -0.197. The largest absolute Gasteiger partial charge is 0.460 e. The SMILES string of the molecule is CC(C)(C)OC(=O)C(CNS(=O)(=O)c1ccccc1[N+](=O)[O-])C(N)CCNS(=O)(=O)c1ccccc1[N+](=O)[O-]. The third kappa shape index (κ3) is 8.75. The summed E-state index contributed by atoms with van der Waals surface area (Å²) in [6, 6.07) is 8.18. The quantitative estimate of drug-likeness (QED) is 0.172. The van der Waals surface area contributed by atoms with Gasteiger partial charge in [-0.2, -0.15) is 0 Å². The van der Waals surface area contributed by atoms with Crippen molar-refractivity contribution in [3.63, 3.8) is 0 Å². The summed E-state index contributed by atoms with van der Waals surface area (Å²) in [6.45, 7) is 3.76. The Morgan fingerprint density at radius 2 is 1.33 bits per heavy atom. The summed E-state index contributed by atoms with van der Waals surface area (Å²) >= 11 is 0. The fourth-order valence-corrected chi connectivity index (χ4v) is 5.82. The maximum atomic E-state index is 12.9. The van der Waals surface area contributed by atoms with Crippen molar-refractivity contribution in [1.29, 1.82) is 0 Å². The van der Waals surface area contributed by atoms with Crippen LogP contribution >= 0.6 is 0 Å². The van der Waals surface area contributed by atoms with Crippen LogP contribution in [0.15, 0.2) is 58.3 Å². The Labute approximate surface area is 225 Å². The molecule has 0 saturated heterocycles. The van der Waals surface area contributed by atoms with Gasteiger partial charge in [-0.15, -0.1) is 0 Å². The molecule has 2 aromatic carbocycles. The van der Waals surface area contributed by atoms with E-state index in [9.17, 15) is 41.9 Å². The van der Waals surface area contributed by atoms with E-state index in [0.29, 0.717) is 0 Å². The van der Waals surface area contributed by atoms with Crippen LogP contribution in [0.25, 0.3) is 0 Å². The van der Waals surface area contributed by atoms with E-state index in [0.717, 1.165) is 24.3 Å². The Bertz CT molecular complexity index is 1440. The molecule has 0 saturated carbocycles. The third-order valence-electron chi connectivity index (χ3n) is 5.19. The van der Waals surface area contributed by atoms with Gasteiger partial charge in [0.15, 0.2) is 9.79 Å². The summed E-state index contributed by atoms with van der Waals surface area (Å²) < 4.78 is 60.6. The van der Waals surface area contributed by atoms with Gasteiger partial charge in [0.2, 0.25) is 20.0 Å². The Balaban J connectivity index is 2.22. The van der Waals surface area contributed by atoms with Gasteiger partial charge in [-0.3, -0.25) is 25.0 Å². The summed E-state index contributed by atoms with van der Waals surface area (Å²) in [7, 11) is -8.79. The van der Waals surface area contributed by atoms with E-state index in [2.05, 4.69) is 9.44 Å². The van der Waals surface area contributed by atoms with Crippen LogP contribution in [0.4, 0.5) is 11.4 Å². The van der Waals surface area contributed by atoms with Crippen molar-refractivity contribution < 1.29 is 36.2 Å². The first kappa shape index (κ1) is 31.7. The van der Waals surface area contributed by atoms with Gasteiger partial charge in [0.25, 0.3) is 11.4 Å². The highest BCUT2D eigenvalue weighted by molar-refractivity contribution is 7.90. The highest BCUT2D eigenvalue weighted by Gasteiger charge is 2.34. The van der Waals surface area contributed by atoms with Crippen LogP contribution < -0.4 is 15.2 Å². The van der Waals surface area contributed by atoms with E-state index in [1.54, 1.807) is 20.8 Å². The van der Waals surface area contributed by atoms with Crippen LogP contribution in [-0.2, 0) is 29.6 Å². The smallest absolute Gasteiger partial charge is 0.312 e. The minimum atomic E-state index is -4.46. The number of nitro groups is 2. The number of nitrogens with zero attached hydrogens (tertiary/aromatic N) is 2. The zero-order valence-corrected chi connectivity index (χ0v) is 22.9. The Hall–Kier alpha value is -3.51. The first-order chi connectivity index (χ1) is 18.0. The number of carbonyl (C=O) groups is 1. The minimum Gasteiger partial charge on any atom is -0.460 e. The van der Waals surface area contributed by atoms with Crippen molar-refractivity contribution in [2.45, 2.75) is 48.6 Å². The molecular formula is C22H29N5O10S2. The van der Waals surface area contributed by atoms with E-state index < -0.39 is 81.1 Å². The molecule has 39 heavy (non-hydrogen) atoms. The van der Waals surface area contributed by atoms with Crippen LogP contribution in [0.1, 0.15) is 27.2 Å². The fraction of sp³-hybridized carbons (Fsp3) is 0.409. The molecule has 214 valence electrons. The topological polar surface area (TPSA) is 231 Å². The molecule has 2 unspecified atom stereocenters. The lowest BCUT2D eigenvalue weighted by atomic mass is 9.97. The number of carbonyl (C=O) groups excluding carboxylic acids is 1. The molecule has 0 bridgehead atoms. The highest BCUT2D eigenvalue weighted by atomic mass is 32.2. The number of para-hydroxylation sites is 2. The summed E-state index contributed by atoms with van der Waals surface area (Å²) in [5.41, 5.74) is 3.86. The molecule has 0 aliphatic carbocycles. The van der Waals surface area contributed by atoms with E-state index in [-0.39, 0.29) is 13.0 Å². The number of sulfonamides is 2. The van der Waals surface area contributed by atoms with Crippen molar-refractivity contribution in [2.75, 3.05) is 13.1 Å². The maximum absolute atomic E-state index is 12.9. The third-order valence-corrected chi connectivity index (χ3v) is 8.17. The van der Waals surface area contributed by atoms with Crippen molar-refractivity contribution in [2.24, 2.45) is 11.7 Å². The number of hydrogen-bond acceptors (Lipinski definition) is 11. The molecule has 2 aromatic rings. The predicted molar refractivity (Wildman–Crippen MR) is 138 cm³/mol. The Morgan fingerprint density at radius 3 is 1.77 bits per heavy atom. The number of ether oxygens (including phenoxy) is 1. The highest BCUT2D eigenvalue weighted by Crippen LogP contribution is 2.24. The van der Waals surface area contributed by atoms with E-state index in [1.165, 1.54) is 24.3 Å². The summed E-state index contributed by atoms with van der Waals surface area (Å²) in [5, 5.41) is 22.5. The molecule has 4 N–H and O–H groups in total. The molecule has 17 heteroatoms. The van der Waals surface area contributed by atoms with Gasteiger partial charge in [-0.05, 0) is 39.3 Å². The number of nitrogens with one attached hydrogen (secondary N) is 2. The lowest BCUT2D eigenvalue weighted by Crippen LogP contribution is -2.47. The second-order valence-corrected chi connectivity index (χ2v) is 12.8. The normalized spacial score (nSPS) is 13.8. The number of benzene rings is 2. The number of rotatable bonds is 13. The summed E-state index contributed by atoms with van der Waals surface area (Å²) in [4.78, 5) is 32.4. The molecule has 2 rings (SSSR count). The minimum absolute atomic E-state index is 0.197. The van der Waals surface area contributed by atoms with Crippen LogP contribution in [0, 0.1) is 26.1 Å². The van der Waals surface area contributed by atoms with Crippen molar-refractivity contribution in [3.8, 4) is 0 Å². The molecule has 0 heterocycles. The Morgan fingerprint density at radius 1 is 0.897 bits per heavy atom. The number of nitro benzene ring substituents is 2. The van der Waals surface area contributed by atoms with Gasteiger partial charge >= 0.3 is 5.97 Å². The fourth-order valence-electron chi connectivity index (χ4n) is 3.37. The first-order valence-electron chi connectivity index (χ1n) is 11.4. The molecule has 0 fully saturated rings. The van der Waals surface area contributed by atoms with Crippen molar-refractivity contribution >= 4 is 37.4 Å². The molecule has 0 aliphatic heterocycles. The number of hydrogen-bond donors (Lipinski definition) is 3. The molecule has 0 radical (unpaired) electrons. The average molecular weight is 588 g/mol. The lowest BCUT2D eigenvalue weighted by molar-refractivity contribution is -0.388. The standard InChI is InChI=1S/C22H29N5O10S2/c1-22(2,3)37-21(28)15(14-25-39(35,36)20-11-7-5-9-18(20)27(31)32)16(23)12-13-24-38(33,34)19-10-6-4-8-17(19)26(29)30/h4-11,15-16,24-25H,12-14,23H2,1-3H3.